The summed E-state index contributed by atoms with van der Waals surface area (Å²) in [7, 11) is -3.59. The third kappa shape index (κ3) is 3.80. The highest BCUT2D eigenvalue weighted by Crippen LogP contribution is 2.13. The summed E-state index contributed by atoms with van der Waals surface area (Å²) in [6, 6.07) is 5.72. The van der Waals surface area contributed by atoms with Crippen LogP contribution in [0.3, 0.4) is 0 Å². The smallest absolute Gasteiger partial charge is 0.240 e. The lowest BCUT2D eigenvalue weighted by molar-refractivity contribution is -0.117. The van der Waals surface area contributed by atoms with Crippen LogP contribution >= 0.6 is 11.6 Å². The molecule has 16 heavy (non-hydrogen) atoms. The average Bonchev–Trinajstić information content (AvgIpc) is 2.17. The molecule has 0 aliphatic heterocycles. The molecule has 0 fully saturated rings. The van der Waals surface area contributed by atoms with E-state index in [1.165, 1.54) is 24.3 Å². The Balaban J connectivity index is 2.71. The van der Waals surface area contributed by atoms with Gasteiger partial charge in [0.15, 0.2) is 0 Å². The third-order valence-electron chi connectivity index (χ3n) is 1.79. The van der Waals surface area contributed by atoms with Crippen molar-refractivity contribution in [2.75, 3.05) is 6.54 Å². The summed E-state index contributed by atoms with van der Waals surface area (Å²) in [4.78, 5) is 10.5. The summed E-state index contributed by atoms with van der Waals surface area (Å²) in [5.41, 5.74) is 4.89. The second kappa shape index (κ2) is 5.29. The molecule has 1 aromatic rings. The lowest BCUT2D eigenvalue weighted by Crippen LogP contribution is -2.27. The largest absolute Gasteiger partial charge is 0.370 e. The maximum Gasteiger partial charge on any atom is 0.240 e. The zero-order valence-corrected chi connectivity index (χ0v) is 9.88. The number of primary amides is 1. The van der Waals surface area contributed by atoms with Gasteiger partial charge in [-0.25, -0.2) is 13.1 Å². The fourth-order valence-corrected chi connectivity index (χ4v) is 2.16. The molecule has 3 N–H and O–H groups in total. The van der Waals surface area contributed by atoms with Crippen LogP contribution < -0.4 is 10.5 Å². The summed E-state index contributed by atoms with van der Waals surface area (Å²) in [6.45, 7) is -0.0136. The Kier molecular flexibility index (Phi) is 4.28. The van der Waals surface area contributed by atoms with Crippen molar-refractivity contribution in [2.45, 2.75) is 11.3 Å². The van der Waals surface area contributed by atoms with Crippen molar-refractivity contribution in [3.05, 3.63) is 29.3 Å². The number of carbonyl (C=O) groups is 1. The minimum Gasteiger partial charge on any atom is -0.370 e. The van der Waals surface area contributed by atoms with Gasteiger partial charge in [-0.3, -0.25) is 4.79 Å². The van der Waals surface area contributed by atoms with Crippen molar-refractivity contribution in [1.29, 1.82) is 0 Å². The first-order valence-electron chi connectivity index (χ1n) is 4.45. The molecule has 0 radical (unpaired) electrons. The SMILES string of the molecule is NC(=O)CCNS(=O)(=O)c1ccc(Cl)cc1. The first-order chi connectivity index (χ1) is 7.42. The van der Waals surface area contributed by atoms with E-state index in [1.807, 2.05) is 0 Å². The Morgan fingerprint density at radius 1 is 1.31 bits per heavy atom. The van der Waals surface area contributed by atoms with Gasteiger partial charge in [0.25, 0.3) is 0 Å². The van der Waals surface area contributed by atoms with Gasteiger partial charge in [-0.05, 0) is 24.3 Å². The zero-order valence-electron chi connectivity index (χ0n) is 8.31. The van der Waals surface area contributed by atoms with Crippen LogP contribution in [-0.4, -0.2) is 20.9 Å². The van der Waals surface area contributed by atoms with Crippen molar-refractivity contribution in [3.63, 3.8) is 0 Å². The summed E-state index contributed by atoms with van der Waals surface area (Å²) in [5, 5.41) is 0.455. The van der Waals surface area contributed by atoms with Gasteiger partial charge >= 0.3 is 0 Å². The van der Waals surface area contributed by atoms with Gasteiger partial charge in [-0.15, -0.1) is 0 Å². The Morgan fingerprint density at radius 3 is 2.38 bits per heavy atom. The number of rotatable bonds is 5. The van der Waals surface area contributed by atoms with Gasteiger partial charge in [0.1, 0.15) is 0 Å². The number of nitrogens with two attached hydrogens (primary N) is 1. The van der Waals surface area contributed by atoms with Gasteiger partial charge in [0.2, 0.25) is 15.9 Å². The molecule has 1 rings (SSSR count). The second-order valence-electron chi connectivity index (χ2n) is 3.07. The molecule has 0 spiro atoms. The van der Waals surface area contributed by atoms with E-state index in [-0.39, 0.29) is 17.9 Å². The van der Waals surface area contributed by atoms with E-state index in [2.05, 4.69) is 4.72 Å². The van der Waals surface area contributed by atoms with E-state index in [9.17, 15) is 13.2 Å². The molecule has 0 aromatic heterocycles. The van der Waals surface area contributed by atoms with E-state index < -0.39 is 15.9 Å². The topological polar surface area (TPSA) is 89.3 Å². The first-order valence-corrected chi connectivity index (χ1v) is 6.31. The summed E-state index contributed by atoms with van der Waals surface area (Å²) >= 11 is 5.63. The van der Waals surface area contributed by atoms with Gasteiger partial charge in [-0.2, -0.15) is 0 Å². The molecular weight excluding hydrogens is 252 g/mol. The number of hydrogen-bond donors (Lipinski definition) is 2. The predicted molar refractivity (Wildman–Crippen MR) is 60.5 cm³/mol. The molecule has 0 aliphatic carbocycles. The molecule has 0 aliphatic rings. The molecule has 0 saturated carbocycles. The van der Waals surface area contributed by atoms with Crippen LogP contribution in [0.15, 0.2) is 29.2 Å². The molecule has 0 saturated heterocycles. The number of benzene rings is 1. The number of carbonyl (C=O) groups excluding carboxylic acids is 1. The van der Waals surface area contributed by atoms with Crippen LogP contribution in [-0.2, 0) is 14.8 Å². The highest BCUT2D eigenvalue weighted by Gasteiger charge is 2.13. The normalized spacial score (nSPS) is 11.3. The van der Waals surface area contributed by atoms with E-state index in [0.29, 0.717) is 5.02 Å². The van der Waals surface area contributed by atoms with Crippen LogP contribution in [0.1, 0.15) is 6.42 Å². The average molecular weight is 263 g/mol. The monoisotopic (exact) mass is 262 g/mol. The van der Waals surface area contributed by atoms with E-state index in [1.54, 1.807) is 0 Å². The quantitative estimate of drug-likeness (QED) is 0.809. The van der Waals surface area contributed by atoms with Crippen LogP contribution in [0.2, 0.25) is 5.02 Å². The van der Waals surface area contributed by atoms with Gasteiger partial charge in [0, 0.05) is 18.0 Å². The number of sulfonamides is 1. The Hall–Kier alpha value is -1.11. The maximum atomic E-state index is 11.6. The van der Waals surface area contributed by atoms with E-state index in [4.69, 9.17) is 17.3 Å². The van der Waals surface area contributed by atoms with Crippen LogP contribution in [0.5, 0.6) is 0 Å². The standard InChI is InChI=1S/C9H11ClN2O3S/c10-7-1-3-8(4-2-7)16(14,15)12-6-5-9(11)13/h1-4,12H,5-6H2,(H2,11,13). The zero-order chi connectivity index (χ0) is 12.2. The lowest BCUT2D eigenvalue weighted by atomic mass is 10.4. The van der Waals surface area contributed by atoms with Crippen LogP contribution in [0, 0.1) is 0 Å². The molecule has 0 atom stereocenters. The first kappa shape index (κ1) is 13.0. The fraction of sp³-hybridized carbons (Fsp3) is 0.222. The Labute approximate surface area is 98.6 Å². The van der Waals surface area contributed by atoms with Crippen molar-refractivity contribution >= 4 is 27.5 Å². The molecule has 88 valence electrons. The Bertz CT molecular complexity index is 470. The molecule has 7 heteroatoms. The molecular formula is C9H11ClN2O3S. The summed E-state index contributed by atoms with van der Waals surface area (Å²) in [5.74, 6) is -0.557. The van der Waals surface area contributed by atoms with Crippen molar-refractivity contribution in [1.82, 2.24) is 4.72 Å². The molecule has 0 unspecified atom stereocenters. The highest BCUT2D eigenvalue weighted by atomic mass is 35.5. The van der Waals surface area contributed by atoms with Crippen molar-refractivity contribution < 1.29 is 13.2 Å². The van der Waals surface area contributed by atoms with Gasteiger partial charge < -0.3 is 5.73 Å². The van der Waals surface area contributed by atoms with Gasteiger partial charge in [-0.1, -0.05) is 11.6 Å². The number of halogens is 1. The van der Waals surface area contributed by atoms with E-state index in [0.717, 1.165) is 0 Å². The maximum absolute atomic E-state index is 11.6. The molecule has 5 nitrogen and oxygen atoms in total. The third-order valence-corrected chi connectivity index (χ3v) is 3.52. The predicted octanol–water partition coefficient (Wildman–Crippen LogP) is 0.494. The molecule has 0 bridgehead atoms. The number of amides is 1. The minimum atomic E-state index is -3.59. The van der Waals surface area contributed by atoms with Crippen LogP contribution in [0.25, 0.3) is 0 Å². The summed E-state index contributed by atoms with van der Waals surface area (Å²) in [6.07, 6.45) is -0.0349. The molecule has 1 aromatic carbocycles. The number of nitrogens with one attached hydrogen (secondary N) is 1. The Morgan fingerprint density at radius 2 is 1.88 bits per heavy atom. The molecule has 0 heterocycles. The fourth-order valence-electron chi connectivity index (χ4n) is 1.01. The lowest BCUT2D eigenvalue weighted by Gasteiger charge is -2.05. The molecule has 1 amide bonds. The summed E-state index contributed by atoms with van der Waals surface area (Å²) < 4.78 is 25.5. The second-order valence-corrected chi connectivity index (χ2v) is 5.27. The van der Waals surface area contributed by atoms with Gasteiger partial charge in [0.05, 0.1) is 4.90 Å². The van der Waals surface area contributed by atoms with E-state index >= 15 is 0 Å². The minimum absolute atomic E-state index is 0.0136. The highest BCUT2D eigenvalue weighted by molar-refractivity contribution is 7.89. The van der Waals surface area contributed by atoms with Crippen molar-refractivity contribution in [2.24, 2.45) is 5.73 Å². The van der Waals surface area contributed by atoms with Crippen molar-refractivity contribution in [3.8, 4) is 0 Å². The van der Waals surface area contributed by atoms with Crippen LogP contribution in [0.4, 0.5) is 0 Å². The number of hydrogen-bond acceptors (Lipinski definition) is 3.